The summed E-state index contributed by atoms with van der Waals surface area (Å²) in [5.41, 5.74) is -1.82. The summed E-state index contributed by atoms with van der Waals surface area (Å²) in [5.74, 6) is 0. The molecular weight excluding hydrogens is 277 g/mol. The van der Waals surface area contributed by atoms with E-state index in [0.29, 0.717) is 31.9 Å². The first kappa shape index (κ1) is 16.2. The highest BCUT2D eigenvalue weighted by Crippen LogP contribution is 2.37. The van der Waals surface area contributed by atoms with Crippen molar-refractivity contribution in [2.75, 3.05) is 18.5 Å². The number of aliphatic hydroxyl groups excluding tert-OH is 1. The maximum atomic E-state index is 12.8. The van der Waals surface area contributed by atoms with Gasteiger partial charge in [0.15, 0.2) is 0 Å². The molecule has 0 aliphatic rings. The van der Waals surface area contributed by atoms with Crippen molar-refractivity contribution in [2.45, 2.75) is 25.4 Å². The lowest BCUT2D eigenvalue weighted by atomic mass is 10.1. The largest absolute Gasteiger partial charge is 0.418 e. The molecule has 0 aliphatic heterocycles. The number of rotatable bonds is 7. The molecule has 2 N–H and O–H groups in total. The van der Waals surface area contributed by atoms with Crippen LogP contribution in [0.25, 0.3) is 0 Å². The zero-order valence-electron chi connectivity index (χ0n) is 10.6. The molecule has 1 aromatic rings. The fourth-order valence-electron chi connectivity index (χ4n) is 1.67. The Labute approximate surface area is 113 Å². The molecule has 0 saturated heterocycles. The molecule has 0 heterocycles. The van der Waals surface area contributed by atoms with Crippen LogP contribution in [0.5, 0.6) is 0 Å². The summed E-state index contributed by atoms with van der Waals surface area (Å²) < 4.78 is 38.5. The molecule has 0 spiro atoms. The Bertz CT molecular complexity index is 464. The molecule has 112 valence electrons. The molecule has 0 aliphatic carbocycles. The van der Waals surface area contributed by atoms with E-state index < -0.39 is 22.4 Å². The molecule has 0 aromatic heterocycles. The maximum Gasteiger partial charge on any atom is 0.418 e. The third-order valence-electron chi connectivity index (χ3n) is 2.67. The lowest BCUT2D eigenvalue weighted by Crippen LogP contribution is -2.12. The van der Waals surface area contributed by atoms with Gasteiger partial charge in [-0.25, -0.2) is 0 Å². The molecule has 0 radical (unpaired) electrons. The van der Waals surface area contributed by atoms with Crippen LogP contribution < -0.4 is 5.32 Å². The molecule has 8 heteroatoms. The summed E-state index contributed by atoms with van der Waals surface area (Å²) in [6.45, 7) is 0.353. The summed E-state index contributed by atoms with van der Waals surface area (Å²) in [5, 5.41) is 21.7. The molecule has 5 nitrogen and oxygen atoms in total. The Hall–Kier alpha value is -1.83. The molecule has 0 fully saturated rings. The van der Waals surface area contributed by atoms with Crippen LogP contribution in [-0.2, 0) is 6.18 Å². The number of nitrogens with zero attached hydrogens (tertiary/aromatic N) is 1. The van der Waals surface area contributed by atoms with Gasteiger partial charge in [0, 0.05) is 31.0 Å². The molecule has 0 amide bonds. The standard InChI is InChI=1S/C12H15F3N2O3/c13-12(14,15)10-8-9(17(19)20)4-5-11(10)16-6-2-1-3-7-18/h4-5,8,16,18H,1-3,6-7H2. The topological polar surface area (TPSA) is 75.4 Å². The lowest BCUT2D eigenvalue weighted by Gasteiger charge is -2.14. The minimum Gasteiger partial charge on any atom is -0.396 e. The van der Waals surface area contributed by atoms with Crippen LogP contribution >= 0.6 is 0 Å². The minimum atomic E-state index is -4.65. The van der Waals surface area contributed by atoms with Gasteiger partial charge < -0.3 is 10.4 Å². The average Bonchev–Trinajstić information content (AvgIpc) is 2.37. The normalized spacial score (nSPS) is 11.4. The number of anilines is 1. The van der Waals surface area contributed by atoms with Gasteiger partial charge in [0.2, 0.25) is 0 Å². The molecule has 0 saturated carbocycles. The van der Waals surface area contributed by atoms with Crippen molar-refractivity contribution in [3.05, 3.63) is 33.9 Å². The van der Waals surface area contributed by atoms with Crippen LogP contribution in [0.3, 0.4) is 0 Å². The third-order valence-corrected chi connectivity index (χ3v) is 2.67. The number of nitrogens with one attached hydrogen (secondary N) is 1. The van der Waals surface area contributed by atoms with E-state index in [1.807, 2.05) is 0 Å². The number of aliphatic hydroxyl groups is 1. The van der Waals surface area contributed by atoms with E-state index in [4.69, 9.17) is 5.11 Å². The predicted octanol–water partition coefficient (Wildman–Crippen LogP) is 3.19. The molecular formula is C12H15F3N2O3. The van der Waals surface area contributed by atoms with Gasteiger partial charge in [0.25, 0.3) is 5.69 Å². The van der Waals surface area contributed by atoms with Gasteiger partial charge in [-0.1, -0.05) is 0 Å². The second-order valence-corrected chi connectivity index (χ2v) is 4.20. The van der Waals surface area contributed by atoms with Gasteiger partial charge in [0.05, 0.1) is 10.5 Å². The van der Waals surface area contributed by atoms with Crippen molar-refractivity contribution in [3.8, 4) is 0 Å². The van der Waals surface area contributed by atoms with Crippen molar-refractivity contribution in [1.82, 2.24) is 0 Å². The zero-order valence-corrected chi connectivity index (χ0v) is 10.6. The second-order valence-electron chi connectivity index (χ2n) is 4.20. The van der Waals surface area contributed by atoms with E-state index in [1.54, 1.807) is 0 Å². The highest BCUT2D eigenvalue weighted by molar-refractivity contribution is 5.57. The molecule has 0 bridgehead atoms. The van der Waals surface area contributed by atoms with Gasteiger partial charge in [-0.05, 0) is 25.3 Å². The summed E-state index contributed by atoms with van der Waals surface area (Å²) in [6.07, 6.45) is -2.76. The quantitative estimate of drug-likeness (QED) is 0.460. The van der Waals surface area contributed by atoms with E-state index in [0.717, 1.165) is 12.1 Å². The van der Waals surface area contributed by atoms with Gasteiger partial charge in [-0.3, -0.25) is 10.1 Å². The number of alkyl halides is 3. The highest BCUT2D eigenvalue weighted by atomic mass is 19.4. The molecule has 0 atom stereocenters. The predicted molar refractivity (Wildman–Crippen MR) is 67.5 cm³/mol. The van der Waals surface area contributed by atoms with Gasteiger partial charge in [-0.15, -0.1) is 0 Å². The Morgan fingerprint density at radius 1 is 1.25 bits per heavy atom. The van der Waals surface area contributed by atoms with E-state index >= 15 is 0 Å². The van der Waals surface area contributed by atoms with Crippen molar-refractivity contribution < 1.29 is 23.2 Å². The summed E-state index contributed by atoms with van der Waals surface area (Å²) in [6, 6.07) is 2.62. The molecule has 0 unspecified atom stereocenters. The van der Waals surface area contributed by atoms with Gasteiger partial charge in [0.1, 0.15) is 0 Å². The monoisotopic (exact) mass is 292 g/mol. The van der Waals surface area contributed by atoms with E-state index in [1.165, 1.54) is 0 Å². The third kappa shape index (κ3) is 4.69. The van der Waals surface area contributed by atoms with Crippen LogP contribution in [0.4, 0.5) is 24.5 Å². The highest BCUT2D eigenvalue weighted by Gasteiger charge is 2.35. The Morgan fingerprint density at radius 3 is 2.50 bits per heavy atom. The number of nitro groups is 1. The van der Waals surface area contributed by atoms with Crippen LogP contribution in [0, 0.1) is 10.1 Å². The van der Waals surface area contributed by atoms with Gasteiger partial charge >= 0.3 is 6.18 Å². The smallest absolute Gasteiger partial charge is 0.396 e. The summed E-state index contributed by atoms with van der Waals surface area (Å²) in [7, 11) is 0. The Kier molecular flexibility index (Phi) is 5.75. The van der Waals surface area contributed by atoms with Crippen LogP contribution in [0.15, 0.2) is 18.2 Å². The number of hydrogen-bond acceptors (Lipinski definition) is 4. The van der Waals surface area contributed by atoms with Crippen LogP contribution in [-0.4, -0.2) is 23.2 Å². The molecule has 20 heavy (non-hydrogen) atoms. The number of nitro benzene ring substituents is 1. The average molecular weight is 292 g/mol. The SMILES string of the molecule is O=[N+]([O-])c1ccc(NCCCCCO)c(C(F)(F)F)c1. The number of halogens is 3. The lowest BCUT2D eigenvalue weighted by molar-refractivity contribution is -0.385. The van der Waals surface area contributed by atoms with Crippen molar-refractivity contribution >= 4 is 11.4 Å². The summed E-state index contributed by atoms with van der Waals surface area (Å²) in [4.78, 5) is 9.66. The van der Waals surface area contributed by atoms with Crippen LogP contribution in [0.1, 0.15) is 24.8 Å². The Morgan fingerprint density at radius 2 is 1.95 bits per heavy atom. The first-order chi connectivity index (χ1) is 9.36. The molecule has 1 aromatic carbocycles. The van der Waals surface area contributed by atoms with Crippen molar-refractivity contribution in [3.63, 3.8) is 0 Å². The molecule has 1 rings (SSSR count). The second kappa shape index (κ2) is 7.09. The number of unbranched alkanes of at least 4 members (excludes halogenated alkanes) is 2. The van der Waals surface area contributed by atoms with Crippen LogP contribution in [0.2, 0.25) is 0 Å². The maximum absolute atomic E-state index is 12.8. The number of benzene rings is 1. The number of non-ortho nitro benzene ring substituents is 1. The van der Waals surface area contributed by atoms with E-state index in [9.17, 15) is 23.3 Å². The van der Waals surface area contributed by atoms with Gasteiger partial charge in [-0.2, -0.15) is 13.2 Å². The first-order valence-corrected chi connectivity index (χ1v) is 6.06. The van der Waals surface area contributed by atoms with E-state index in [-0.39, 0.29) is 12.3 Å². The minimum absolute atomic E-state index is 0.0470. The van der Waals surface area contributed by atoms with E-state index in [2.05, 4.69) is 5.32 Å². The summed E-state index contributed by atoms with van der Waals surface area (Å²) >= 11 is 0. The number of hydrogen-bond donors (Lipinski definition) is 2. The first-order valence-electron chi connectivity index (χ1n) is 6.06. The van der Waals surface area contributed by atoms with Crippen molar-refractivity contribution in [2.24, 2.45) is 0 Å². The fraction of sp³-hybridized carbons (Fsp3) is 0.500. The van der Waals surface area contributed by atoms with Crippen molar-refractivity contribution in [1.29, 1.82) is 0 Å². The fourth-order valence-corrected chi connectivity index (χ4v) is 1.67. The zero-order chi connectivity index (χ0) is 15.2. The Balaban J connectivity index is 2.81.